The van der Waals surface area contributed by atoms with Gasteiger partial charge in [-0.1, -0.05) is 43.0 Å². The number of hydrogen-bond donors (Lipinski definition) is 1. The summed E-state index contributed by atoms with van der Waals surface area (Å²) in [6, 6.07) is 5.82. The Morgan fingerprint density at radius 2 is 1.86 bits per heavy atom. The van der Waals surface area contributed by atoms with Crippen LogP contribution in [0.3, 0.4) is 0 Å². The Morgan fingerprint density at radius 1 is 1.10 bits per heavy atom. The highest BCUT2D eigenvalue weighted by Crippen LogP contribution is 2.45. The SMILES string of the molecule is CCCNCCC1(CCc2cc(Cl)ccc2Cl)CCCC1. The molecule has 0 unspecified atom stereocenters. The first-order chi connectivity index (χ1) is 10.2. The highest BCUT2D eigenvalue weighted by atomic mass is 35.5. The largest absolute Gasteiger partial charge is 0.317 e. The van der Waals surface area contributed by atoms with Crippen LogP contribution in [0.15, 0.2) is 18.2 Å². The molecule has 1 aliphatic carbocycles. The lowest BCUT2D eigenvalue weighted by Gasteiger charge is -2.29. The Kier molecular flexibility index (Phi) is 6.85. The molecule has 118 valence electrons. The minimum Gasteiger partial charge on any atom is -0.317 e. The van der Waals surface area contributed by atoms with Crippen molar-refractivity contribution >= 4 is 23.2 Å². The van der Waals surface area contributed by atoms with Gasteiger partial charge in [0, 0.05) is 10.0 Å². The molecule has 0 bridgehead atoms. The van der Waals surface area contributed by atoms with Gasteiger partial charge in [-0.3, -0.25) is 0 Å². The summed E-state index contributed by atoms with van der Waals surface area (Å²) in [5.41, 5.74) is 1.73. The molecule has 0 heterocycles. The molecular formula is C18H27Cl2N. The van der Waals surface area contributed by atoms with E-state index < -0.39 is 0 Å². The fourth-order valence-corrected chi connectivity index (χ4v) is 3.95. The number of benzene rings is 1. The third kappa shape index (κ3) is 5.16. The first-order valence-electron chi connectivity index (χ1n) is 8.30. The quantitative estimate of drug-likeness (QED) is 0.588. The lowest BCUT2D eigenvalue weighted by molar-refractivity contribution is 0.245. The normalized spacial score (nSPS) is 17.3. The van der Waals surface area contributed by atoms with Gasteiger partial charge in [0.25, 0.3) is 0 Å². The van der Waals surface area contributed by atoms with Crippen molar-refractivity contribution in [3.8, 4) is 0 Å². The van der Waals surface area contributed by atoms with Gasteiger partial charge >= 0.3 is 0 Å². The van der Waals surface area contributed by atoms with E-state index in [4.69, 9.17) is 23.2 Å². The lowest BCUT2D eigenvalue weighted by Crippen LogP contribution is -2.26. The molecule has 1 aliphatic rings. The highest BCUT2D eigenvalue weighted by Gasteiger charge is 2.32. The van der Waals surface area contributed by atoms with E-state index in [-0.39, 0.29) is 0 Å². The Hall–Kier alpha value is -0.240. The molecule has 2 rings (SSSR count). The van der Waals surface area contributed by atoms with Crippen LogP contribution in [0.4, 0.5) is 0 Å². The van der Waals surface area contributed by atoms with Gasteiger partial charge < -0.3 is 5.32 Å². The van der Waals surface area contributed by atoms with Crippen LogP contribution in [-0.2, 0) is 6.42 Å². The van der Waals surface area contributed by atoms with Crippen molar-refractivity contribution < 1.29 is 0 Å². The summed E-state index contributed by atoms with van der Waals surface area (Å²) >= 11 is 12.4. The van der Waals surface area contributed by atoms with E-state index in [2.05, 4.69) is 12.2 Å². The molecular weight excluding hydrogens is 301 g/mol. The molecule has 1 saturated carbocycles. The van der Waals surface area contributed by atoms with Crippen LogP contribution < -0.4 is 5.32 Å². The van der Waals surface area contributed by atoms with E-state index in [1.165, 1.54) is 50.5 Å². The van der Waals surface area contributed by atoms with Crippen molar-refractivity contribution in [2.24, 2.45) is 5.41 Å². The number of halogens is 2. The fraction of sp³-hybridized carbons (Fsp3) is 0.667. The van der Waals surface area contributed by atoms with Crippen molar-refractivity contribution in [3.05, 3.63) is 33.8 Å². The first-order valence-corrected chi connectivity index (χ1v) is 9.05. The van der Waals surface area contributed by atoms with Gasteiger partial charge in [0.05, 0.1) is 0 Å². The molecule has 0 amide bonds. The van der Waals surface area contributed by atoms with Crippen molar-refractivity contribution in [3.63, 3.8) is 0 Å². The maximum Gasteiger partial charge on any atom is 0.0439 e. The number of nitrogens with one attached hydrogen (secondary N) is 1. The maximum absolute atomic E-state index is 6.30. The smallest absolute Gasteiger partial charge is 0.0439 e. The molecule has 1 fully saturated rings. The van der Waals surface area contributed by atoms with Crippen LogP contribution in [0.5, 0.6) is 0 Å². The van der Waals surface area contributed by atoms with Gasteiger partial charge in [0.2, 0.25) is 0 Å². The third-order valence-corrected chi connectivity index (χ3v) is 5.46. The Balaban J connectivity index is 1.91. The molecule has 1 nitrogen and oxygen atoms in total. The Bertz CT molecular complexity index is 439. The van der Waals surface area contributed by atoms with Crippen LogP contribution >= 0.6 is 23.2 Å². The molecule has 0 aromatic heterocycles. The van der Waals surface area contributed by atoms with Crippen molar-refractivity contribution in [2.45, 2.75) is 58.3 Å². The summed E-state index contributed by atoms with van der Waals surface area (Å²) < 4.78 is 0. The van der Waals surface area contributed by atoms with E-state index in [9.17, 15) is 0 Å². The molecule has 0 spiro atoms. The zero-order valence-corrected chi connectivity index (χ0v) is 14.6. The second kappa shape index (κ2) is 8.41. The summed E-state index contributed by atoms with van der Waals surface area (Å²) in [6.07, 6.45) is 10.3. The minimum atomic E-state index is 0.520. The predicted octanol–water partition coefficient (Wildman–Crippen LogP) is 5.88. The summed E-state index contributed by atoms with van der Waals surface area (Å²) in [4.78, 5) is 0. The molecule has 1 aromatic carbocycles. The summed E-state index contributed by atoms with van der Waals surface area (Å²) in [7, 11) is 0. The minimum absolute atomic E-state index is 0.520. The first kappa shape index (κ1) is 17.1. The molecule has 0 saturated heterocycles. The molecule has 0 radical (unpaired) electrons. The van der Waals surface area contributed by atoms with Gasteiger partial charge in [-0.15, -0.1) is 0 Å². The zero-order valence-electron chi connectivity index (χ0n) is 13.1. The predicted molar refractivity (Wildman–Crippen MR) is 93.5 cm³/mol. The van der Waals surface area contributed by atoms with Gasteiger partial charge in [0.15, 0.2) is 0 Å². The highest BCUT2D eigenvalue weighted by molar-refractivity contribution is 6.33. The van der Waals surface area contributed by atoms with E-state index in [1.54, 1.807) is 0 Å². The Morgan fingerprint density at radius 3 is 2.57 bits per heavy atom. The van der Waals surface area contributed by atoms with Crippen LogP contribution in [0.2, 0.25) is 10.0 Å². The lowest BCUT2D eigenvalue weighted by atomic mass is 9.77. The van der Waals surface area contributed by atoms with Crippen LogP contribution in [0, 0.1) is 5.41 Å². The maximum atomic E-state index is 6.30. The van der Waals surface area contributed by atoms with Crippen molar-refractivity contribution in [2.75, 3.05) is 13.1 Å². The second-order valence-electron chi connectivity index (χ2n) is 6.44. The molecule has 3 heteroatoms. The summed E-state index contributed by atoms with van der Waals surface area (Å²) in [5, 5.41) is 5.21. The van der Waals surface area contributed by atoms with Crippen molar-refractivity contribution in [1.82, 2.24) is 5.32 Å². The van der Waals surface area contributed by atoms with E-state index >= 15 is 0 Å². The van der Waals surface area contributed by atoms with Crippen LogP contribution in [-0.4, -0.2) is 13.1 Å². The molecule has 1 N–H and O–H groups in total. The number of aryl methyl sites for hydroxylation is 1. The van der Waals surface area contributed by atoms with Gasteiger partial charge in [-0.25, -0.2) is 0 Å². The third-order valence-electron chi connectivity index (χ3n) is 4.86. The summed E-state index contributed by atoms with van der Waals surface area (Å²) in [6.45, 7) is 4.51. The molecule has 1 aromatic rings. The molecule has 0 atom stereocenters. The topological polar surface area (TPSA) is 12.0 Å². The van der Waals surface area contributed by atoms with E-state index in [1.807, 2.05) is 18.2 Å². The van der Waals surface area contributed by atoms with Crippen molar-refractivity contribution in [1.29, 1.82) is 0 Å². The fourth-order valence-electron chi connectivity index (χ4n) is 3.54. The zero-order chi connectivity index (χ0) is 15.1. The number of hydrogen-bond acceptors (Lipinski definition) is 1. The molecule has 21 heavy (non-hydrogen) atoms. The average Bonchev–Trinajstić information content (AvgIpc) is 2.94. The van der Waals surface area contributed by atoms with Crippen LogP contribution in [0.25, 0.3) is 0 Å². The Labute approximate surface area is 139 Å². The van der Waals surface area contributed by atoms with Crippen LogP contribution in [0.1, 0.15) is 57.4 Å². The average molecular weight is 328 g/mol. The summed E-state index contributed by atoms with van der Waals surface area (Å²) in [5.74, 6) is 0. The van der Waals surface area contributed by atoms with Gasteiger partial charge in [0.1, 0.15) is 0 Å². The monoisotopic (exact) mass is 327 g/mol. The number of rotatable bonds is 8. The van der Waals surface area contributed by atoms with Gasteiger partial charge in [-0.05, 0) is 80.8 Å². The second-order valence-corrected chi connectivity index (χ2v) is 7.29. The van der Waals surface area contributed by atoms with Gasteiger partial charge in [-0.2, -0.15) is 0 Å². The van der Waals surface area contributed by atoms with E-state index in [0.29, 0.717) is 5.41 Å². The molecule has 0 aliphatic heterocycles. The standard InChI is InChI=1S/C18H27Cl2N/c1-2-12-21-13-11-18(8-3-4-9-18)10-7-15-14-16(19)5-6-17(15)20/h5-6,14,21H,2-4,7-13H2,1H3. The van der Waals surface area contributed by atoms with E-state index in [0.717, 1.165) is 29.6 Å².